The van der Waals surface area contributed by atoms with Crippen molar-refractivity contribution in [2.24, 2.45) is 0 Å². The van der Waals surface area contributed by atoms with Crippen molar-refractivity contribution in [3.63, 3.8) is 0 Å². The van der Waals surface area contributed by atoms with Gasteiger partial charge in [0.25, 0.3) is 0 Å². The van der Waals surface area contributed by atoms with Crippen molar-refractivity contribution in [1.29, 1.82) is 5.26 Å². The summed E-state index contributed by atoms with van der Waals surface area (Å²) in [5.74, 6) is 0. The third-order valence-electron chi connectivity index (χ3n) is 21.3. The summed E-state index contributed by atoms with van der Waals surface area (Å²) in [6.45, 7) is 4.26. The molecular formula is C113H81Cl2N7Pt2. The molecule has 0 spiro atoms. The first kappa shape index (κ1) is 84.9. The SMILES string of the molecule is Cc1cnc(-c2[c-]c(N(c3[c-]c(-c4ccccn4)ccc3)c3ccccc3-c3ccccc3)cc(-c3ccccc3)c2)cc1-c1ccc(-c2ccccc2)cc1.Cc1cnc(-c2cc(-c3ccccc3)cc(N(c3cccc(-c4ccccn4)c3)c3ccccc3-c3ccccc3)c2)cc1-c1ccc(-c2ccccc2)cc1.N#Cc1ccccc1.[Cl][Pt][Cl].[Pt+2]. The molecule has 0 atom stereocenters. The number of nitriles is 1. The standard InChI is InChI=1S/C53H39N3.C53H37N3.C7H5N.2ClH.2Pt/c2*1-38-37-55-52(36-50(38)43-29-27-41(28-30-43)39-16-5-2-6-17-39)46-32-45(40-18-7-3-8-19-40)34-48(35-46)56(47-23-15-22-44(33-47)51-25-13-14-31-54-51)53-26-12-11-24-49(53)42-20-9-4-10-21-42;8-6-7-4-2-1-3-5-7;;;;/h2-37H,1H3;2-32,34,36-37H,1H3;1-5H;2*1H;;/q;-2;;;;2*+2/p-2. The van der Waals surface area contributed by atoms with Gasteiger partial charge in [-0.25, -0.2) is 0 Å². The number of pyridine rings is 4. The maximum Gasteiger partial charge on any atom is 2.00 e. The molecule has 0 fully saturated rings. The van der Waals surface area contributed by atoms with Crippen LogP contribution in [0.1, 0.15) is 16.7 Å². The average Bonchev–Trinajstić information content (AvgIpc) is 0.767. The van der Waals surface area contributed by atoms with Crippen LogP contribution in [0.3, 0.4) is 0 Å². The molecule has 602 valence electrons. The minimum absolute atomic E-state index is 0. The van der Waals surface area contributed by atoms with E-state index in [2.05, 4.69) is 405 Å². The molecule has 0 saturated heterocycles. The van der Waals surface area contributed by atoms with Crippen LogP contribution in [0.15, 0.2) is 455 Å². The molecule has 0 radical (unpaired) electrons. The molecule has 0 saturated carbocycles. The van der Waals surface area contributed by atoms with E-state index in [1.807, 2.05) is 85.5 Å². The molecule has 7 nitrogen and oxygen atoms in total. The Labute approximate surface area is 757 Å². The molecule has 11 heteroatoms. The Hall–Kier alpha value is -14.1. The van der Waals surface area contributed by atoms with E-state index in [1.165, 1.54) is 22.3 Å². The van der Waals surface area contributed by atoms with E-state index >= 15 is 0 Å². The summed E-state index contributed by atoms with van der Waals surface area (Å²) in [5, 5.41) is 8.29. The van der Waals surface area contributed by atoms with E-state index in [-0.39, 0.29) is 21.1 Å². The van der Waals surface area contributed by atoms with E-state index in [0.29, 0.717) is 5.56 Å². The normalized spacial score (nSPS) is 10.6. The minimum Gasteiger partial charge on any atom is 2.00 e. The maximum absolute atomic E-state index is 8.29. The molecule has 4 aromatic heterocycles. The van der Waals surface area contributed by atoms with Gasteiger partial charge in [-0.1, -0.05) is 327 Å². The molecule has 0 amide bonds. The zero-order chi connectivity index (χ0) is 83.9. The van der Waals surface area contributed by atoms with Crippen LogP contribution in [0.4, 0.5) is 34.1 Å². The van der Waals surface area contributed by atoms with Crippen molar-refractivity contribution in [2.45, 2.75) is 13.8 Å². The number of benzene rings is 15. The quantitative estimate of drug-likeness (QED) is 0.0792. The number of nitrogens with zero attached hydrogens (tertiary/aromatic N) is 7. The van der Waals surface area contributed by atoms with Crippen molar-refractivity contribution in [3.05, 3.63) is 484 Å². The van der Waals surface area contributed by atoms with Crippen molar-refractivity contribution >= 4 is 53.0 Å². The monoisotopic (exact) mass is 2000 g/mol. The van der Waals surface area contributed by atoms with Crippen LogP contribution in [0.5, 0.6) is 0 Å². The van der Waals surface area contributed by atoms with Gasteiger partial charge in [0.15, 0.2) is 0 Å². The van der Waals surface area contributed by atoms with Crippen LogP contribution < -0.4 is 9.80 Å². The Morgan fingerprint density at radius 2 is 0.637 bits per heavy atom. The van der Waals surface area contributed by atoms with Gasteiger partial charge in [-0.2, -0.15) is 5.26 Å². The Morgan fingerprint density at radius 3 is 1.13 bits per heavy atom. The van der Waals surface area contributed by atoms with Crippen LogP contribution in [0, 0.1) is 37.3 Å². The van der Waals surface area contributed by atoms with Crippen LogP contribution in [-0.2, 0) is 37.5 Å². The Morgan fingerprint density at radius 1 is 0.266 bits per heavy atom. The number of halogens is 2. The summed E-state index contributed by atoms with van der Waals surface area (Å²) >= 11 is -0.472. The largest absolute Gasteiger partial charge is 2.00 e. The molecule has 0 aliphatic heterocycles. The summed E-state index contributed by atoms with van der Waals surface area (Å²) in [7, 11) is 9.75. The van der Waals surface area contributed by atoms with Crippen molar-refractivity contribution in [3.8, 4) is 140 Å². The molecule has 19 aromatic rings. The number of aryl methyl sites for hydroxylation is 2. The Bertz CT molecular complexity index is 6360. The molecule has 0 bridgehead atoms. The topological polar surface area (TPSA) is 81.8 Å². The molecule has 4 heterocycles. The minimum atomic E-state index is -0.472. The second-order valence-corrected chi connectivity index (χ2v) is 32.5. The van der Waals surface area contributed by atoms with Gasteiger partial charge in [0.1, 0.15) is 0 Å². The van der Waals surface area contributed by atoms with Crippen molar-refractivity contribution in [1.82, 2.24) is 19.9 Å². The third kappa shape index (κ3) is 20.7. The second-order valence-electron chi connectivity index (χ2n) is 29.2. The molecule has 19 rings (SSSR count). The third-order valence-corrected chi connectivity index (χ3v) is 21.3. The van der Waals surface area contributed by atoms with Crippen molar-refractivity contribution in [2.75, 3.05) is 9.80 Å². The number of hydrogen-bond donors (Lipinski definition) is 0. The van der Waals surface area contributed by atoms with E-state index in [4.69, 9.17) is 39.1 Å². The Balaban J connectivity index is 0.000000170. The summed E-state index contributed by atoms with van der Waals surface area (Å²) in [4.78, 5) is 24.1. The smallest absolute Gasteiger partial charge is 2.00 e. The van der Waals surface area contributed by atoms with E-state index in [0.717, 1.165) is 157 Å². The Kier molecular flexibility index (Phi) is 28.7. The molecule has 0 unspecified atom stereocenters. The van der Waals surface area contributed by atoms with Gasteiger partial charge in [-0.05, 0) is 199 Å². The number of aromatic nitrogens is 4. The number of para-hydroxylation sites is 2. The van der Waals surface area contributed by atoms with Crippen LogP contribution in [-0.4, -0.2) is 19.9 Å². The van der Waals surface area contributed by atoms with Crippen molar-refractivity contribution < 1.29 is 37.5 Å². The zero-order valence-electron chi connectivity index (χ0n) is 67.8. The van der Waals surface area contributed by atoms with E-state index in [1.54, 1.807) is 12.1 Å². The first-order chi connectivity index (χ1) is 60.7. The maximum atomic E-state index is 8.29. The summed E-state index contributed by atoms with van der Waals surface area (Å²) < 4.78 is 0. The van der Waals surface area contributed by atoms with E-state index < -0.39 is 16.5 Å². The fraction of sp³-hybridized carbons (Fsp3) is 0.0177. The van der Waals surface area contributed by atoms with Gasteiger partial charge in [0.2, 0.25) is 0 Å². The molecule has 0 N–H and O–H groups in total. The number of anilines is 6. The van der Waals surface area contributed by atoms with Gasteiger partial charge in [-0.15, -0.1) is 53.6 Å². The first-order valence-electron chi connectivity index (χ1n) is 40.4. The molecule has 0 aliphatic carbocycles. The molecule has 0 aliphatic rings. The predicted molar refractivity (Wildman–Crippen MR) is 509 cm³/mol. The summed E-state index contributed by atoms with van der Waals surface area (Å²) in [6.07, 6.45) is 7.65. The van der Waals surface area contributed by atoms with Crippen LogP contribution in [0.25, 0.3) is 134 Å². The van der Waals surface area contributed by atoms with Gasteiger partial charge < -0.3 is 19.8 Å². The molecule has 124 heavy (non-hydrogen) atoms. The number of hydrogen-bond acceptors (Lipinski definition) is 7. The van der Waals surface area contributed by atoms with Gasteiger partial charge in [0, 0.05) is 58.4 Å². The number of rotatable bonds is 18. The predicted octanol–water partition coefficient (Wildman–Crippen LogP) is 31.0. The first-order valence-corrected chi connectivity index (χ1v) is 46.0. The zero-order valence-corrected chi connectivity index (χ0v) is 73.9. The fourth-order valence-corrected chi connectivity index (χ4v) is 15.2. The second kappa shape index (κ2) is 42.0. The van der Waals surface area contributed by atoms with E-state index in [9.17, 15) is 0 Å². The van der Waals surface area contributed by atoms with Gasteiger partial charge >= 0.3 is 56.4 Å². The molecular weight excluding hydrogens is 1920 g/mol. The summed E-state index contributed by atoms with van der Waals surface area (Å²) in [5.41, 5.74) is 34.6. The average molecular weight is 2000 g/mol. The van der Waals surface area contributed by atoms with Gasteiger partial charge in [0.05, 0.1) is 34.4 Å². The van der Waals surface area contributed by atoms with Crippen LogP contribution >= 0.6 is 18.8 Å². The summed E-state index contributed by atoms with van der Waals surface area (Å²) in [6, 6.07) is 160. The fourth-order valence-electron chi connectivity index (χ4n) is 15.2. The van der Waals surface area contributed by atoms with Crippen LogP contribution in [0.2, 0.25) is 0 Å². The molecule has 15 aromatic carbocycles. The van der Waals surface area contributed by atoms with Gasteiger partial charge in [-0.3, -0.25) is 9.97 Å².